The van der Waals surface area contributed by atoms with E-state index < -0.39 is 0 Å². The highest BCUT2D eigenvalue weighted by atomic mass is 32.2. The third-order valence-electron chi connectivity index (χ3n) is 3.69. The Bertz CT molecular complexity index is 828. The number of benzene rings is 2. The number of hydrazone groups is 1. The fourth-order valence-corrected chi connectivity index (χ4v) is 3.16. The lowest BCUT2D eigenvalue weighted by Gasteiger charge is -2.15. The Balaban J connectivity index is 1.65. The maximum absolute atomic E-state index is 11.0. The molecule has 3 rings (SSSR count). The quantitative estimate of drug-likeness (QED) is 0.887. The summed E-state index contributed by atoms with van der Waals surface area (Å²) < 4.78 is 0. The number of aliphatic imine (C=N–C) groups is 1. The van der Waals surface area contributed by atoms with Gasteiger partial charge in [-0.1, -0.05) is 48.2 Å². The van der Waals surface area contributed by atoms with E-state index in [0.29, 0.717) is 6.54 Å². The normalized spacial score (nSPS) is 15.4. The van der Waals surface area contributed by atoms with Crippen molar-refractivity contribution >= 4 is 34.2 Å². The van der Waals surface area contributed by atoms with Gasteiger partial charge in [-0.15, -0.1) is 0 Å². The molecule has 0 atom stereocenters. The Labute approximate surface area is 151 Å². The van der Waals surface area contributed by atoms with Crippen molar-refractivity contribution in [3.8, 4) is 0 Å². The maximum Gasteiger partial charge on any atom is 0.217 e. The summed E-state index contributed by atoms with van der Waals surface area (Å²) in [6, 6.07) is 16.2. The van der Waals surface area contributed by atoms with Crippen LogP contribution in [-0.4, -0.2) is 22.5 Å². The molecule has 0 aromatic heterocycles. The lowest BCUT2D eigenvalue weighted by Crippen LogP contribution is -2.25. The van der Waals surface area contributed by atoms with Crippen molar-refractivity contribution in [1.82, 2.24) is 10.7 Å². The van der Waals surface area contributed by atoms with Crippen molar-refractivity contribution < 1.29 is 4.79 Å². The summed E-state index contributed by atoms with van der Waals surface area (Å²) >= 11 is 1.64. The molecule has 0 aliphatic carbocycles. The first-order valence-corrected chi connectivity index (χ1v) is 9.03. The molecule has 0 saturated heterocycles. The number of thioether (sulfide) groups is 1. The molecule has 1 heterocycles. The summed E-state index contributed by atoms with van der Waals surface area (Å²) in [5.74, 6) is 0.740. The third kappa shape index (κ3) is 4.93. The molecule has 0 radical (unpaired) electrons. The molecule has 0 spiro atoms. The molecule has 0 saturated carbocycles. The van der Waals surface area contributed by atoms with Crippen LogP contribution in [0.15, 0.2) is 58.6 Å². The van der Waals surface area contributed by atoms with E-state index in [1.54, 1.807) is 11.8 Å². The van der Waals surface area contributed by atoms with Gasteiger partial charge in [0.15, 0.2) is 5.17 Å². The number of nitrogens with zero attached hydrogens (tertiary/aromatic N) is 2. The van der Waals surface area contributed by atoms with Gasteiger partial charge in [0, 0.05) is 19.2 Å². The van der Waals surface area contributed by atoms with Gasteiger partial charge in [-0.3, -0.25) is 10.2 Å². The van der Waals surface area contributed by atoms with E-state index in [0.717, 1.165) is 33.4 Å². The van der Waals surface area contributed by atoms with Crippen LogP contribution in [0.2, 0.25) is 0 Å². The van der Waals surface area contributed by atoms with Gasteiger partial charge in [0.25, 0.3) is 0 Å². The monoisotopic (exact) mass is 352 g/mol. The van der Waals surface area contributed by atoms with Gasteiger partial charge in [-0.2, -0.15) is 5.10 Å². The molecule has 0 unspecified atom stereocenters. The summed E-state index contributed by atoms with van der Waals surface area (Å²) in [6.45, 7) is 4.11. The summed E-state index contributed by atoms with van der Waals surface area (Å²) in [4.78, 5) is 15.5. The molecule has 1 aliphatic rings. The zero-order valence-corrected chi connectivity index (χ0v) is 15.1. The first kappa shape index (κ1) is 17.2. The fourth-order valence-electron chi connectivity index (χ4n) is 2.38. The molecule has 25 heavy (non-hydrogen) atoms. The molecular weight excluding hydrogens is 332 g/mol. The predicted octanol–water partition coefficient (Wildman–Crippen LogP) is 3.36. The Kier molecular flexibility index (Phi) is 5.50. The van der Waals surface area contributed by atoms with Crippen molar-refractivity contribution in [2.24, 2.45) is 10.1 Å². The number of rotatable bonds is 4. The smallest absolute Gasteiger partial charge is 0.217 e. The molecule has 0 bridgehead atoms. The van der Waals surface area contributed by atoms with Crippen LogP contribution < -0.4 is 10.7 Å². The lowest BCUT2D eigenvalue weighted by molar-refractivity contribution is -0.119. The SMILES string of the molecule is CC(=O)NCc1ccc(C2=NNC(=Nc3cccc(C)c3)SC2)cc1. The largest absolute Gasteiger partial charge is 0.352 e. The highest BCUT2D eigenvalue weighted by Crippen LogP contribution is 2.19. The molecule has 6 heteroatoms. The van der Waals surface area contributed by atoms with Crippen molar-refractivity contribution in [3.05, 3.63) is 65.2 Å². The Morgan fingerprint density at radius 2 is 2.08 bits per heavy atom. The molecule has 2 aromatic carbocycles. The van der Waals surface area contributed by atoms with Crippen molar-refractivity contribution in [3.63, 3.8) is 0 Å². The molecule has 2 N–H and O–H groups in total. The van der Waals surface area contributed by atoms with E-state index in [1.165, 1.54) is 12.5 Å². The number of amides is 1. The second-order valence-electron chi connectivity index (χ2n) is 5.82. The molecule has 2 aromatic rings. The van der Waals surface area contributed by atoms with Gasteiger partial charge in [-0.25, -0.2) is 4.99 Å². The van der Waals surface area contributed by atoms with Crippen LogP contribution in [0.3, 0.4) is 0 Å². The second-order valence-corrected chi connectivity index (χ2v) is 6.79. The highest BCUT2D eigenvalue weighted by Gasteiger charge is 2.13. The van der Waals surface area contributed by atoms with Crippen LogP contribution in [-0.2, 0) is 11.3 Å². The van der Waals surface area contributed by atoms with Gasteiger partial charge in [-0.05, 0) is 35.7 Å². The van der Waals surface area contributed by atoms with E-state index in [1.807, 2.05) is 42.5 Å². The molecule has 5 nitrogen and oxygen atoms in total. The highest BCUT2D eigenvalue weighted by molar-refractivity contribution is 8.14. The summed E-state index contributed by atoms with van der Waals surface area (Å²) in [6.07, 6.45) is 0. The van der Waals surface area contributed by atoms with Crippen LogP contribution in [0.1, 0.15) is 23.6 Å². The van der Waals surface area contributed by atoms with Crippen LogP contribution in [0.5, 0.6) is 0 Å². The zero-order valence-electron chi connectivity index (χ0n) is 14.2. The van der Waals surface area contributed by atoms with Crippen LogP contribution in [0.25, 0.3) is 0 Å². The number of aryl methyl sites for hydroxylation is 1. The van der Waals surface area contributed by atoms with E-state index in [-0.39, 0.29) is 5.91 Å². The van der Waals surface area contributed by atoms with Crippen LogP contribution in [0, 0.1) is 6.92 Å². The number of amidine groups is 1. The number of hydrogen-bond acceptors (Lipinski definition) is 4. The lowest BCUT2D eigenvalue weighted by atomic mass is 10.1. The average molecular weight is 352 g/mol. The minimum absolute atomic E-state index is 0.0261. The topological polar surface area (TPSA) is 65.8 Å². The molecule has 0 fully saturated rings. The van der Waals surface area contributed by atoms with Crippen molar-refractivity contribution in [1.29, 1.82) is 0 Å². The van der Waals surface area contributed by atoms with Crippen molar-refractivity contribution in [2.75, 3.05) is 5.75 Å². The van der Waals surface area contributed by atoms with E-state index in [9.17, 15) is 4.79 Å². The van der Waals surface area contributed by atoms with Gasteiger partial charge in [0.1, 0.15) is 0 Å². The Hall–Kier alpha value is -2.60. The first-order valence-electron chi connectivity index (χ1n) is 8.04. The zero-order chi connectivity index (χ0) is 17.6. The molecule has 1 amide bonds. The van der Waals surface area contributed by atoms with E-state index in [4.69, 9.17) is 0 Å². The van der Waals surface area contributed by atoms with Gasteiger partial charge in [0.05, 0.1) is 11.4 Å². The summed E-state index contributed by atoms with van der Waals surface area (Å²) in [5.41, 5.74) is 8.27. The molecule has 128 valence electrons. The predicted molar refractivity (Wildman–Crippen MR) is 104 cm³/mol. The van der Waals surface area contributed by atoms with E-state index >= 15 is 0 Å². The van der Waals surface area contributed by atoms with Gasteiger partial charge < -0.3 is 5.32 Å². The first-order chi connectivity index (χ1) is 12.1. The number of carbonyl (C=O) groups excluding carboxylic acids is 1. The van der Waals surface area contributed by atoms with E-state index in [2.05, 4.69) is 33.8 Å². The van der Waals surface area contributed by atoms with Crippen LogP contribution >= 0.6 is 11.8 Å². The number of nitrogens with one attached hydrogen (secondary N) is 2. The van der Waals surface area contributed by atoms with Crippen molar-refractivity contribution in [2.45, 2.75) is 20.4 Å². The number of carbonyl (C=O) groups is 1. The maximum atomic E-state index is 11.0. The Morgan fingerprint density at radius 1 is 1.28 bits per heavy atom. The average Bonchev–Trinajstić information content (AvgIpc) is 2.61. The minimum atomic E-state index is -0.0261. The molecular formula is C19H20N4OS. The van der Waals surface area contributed by atoms with Crippen LogP contribution in [0.4, 0.5) is 5.69 Å². The van der Waals surface area contributed by atoms with Gasteiger partial charge in [0.2, 0.25) is 5.91 Å². The molecule has 1 aliphatic heterocycles. The second kappa shape index (κ2) is 7.98. The van der Waals surface area contributed by atoms with Gasteiger partial charge >= 0.3 is 0 Å². The fraction of sp³-hybridized carbons (Fsp3) is 0.211. The minimum Gasteiger partial charge on any atom is -0.352 e. The number of hydrogen-bond donors (Lipinski definition) is 2. The third-order valence-corrected chi connectivity index (χ3v) is 4.57. The Morgan fingerprint density at radius 3 is 2.72 bits per heavy atom. The summed E-state index contributed by atoms with van der Waals surface area (Å²) in [5, 5.41) is 8.04. The summed E-state index contributed by atoms with van der Waals surface area (Å²) in [7, 11) is 0. The standard InChI is InChI=1S/C19H20N4OS/c1-13-4-3-5-17(10-13)21-19-23-22-18(12-25-19)16-8-6-15(7-9-16)11-20-14(2)24/h3-10H,11-12H2,1-2H3,(H,20,24)(H,21,23).